The van der Waals surface area contributed by atoms with Crippen LogP contribution in [0.5, 0.6) is 0 Å². The van der Waals surface area contributed by atoms with E-state index in [1.165, 1.54) is 18.3 Å². The topological polar surface area (TPSA) is 106 Å². The molecule has 2 heterocycles. The SMILES string of the molecule is CC(=O)c1ccc(Cc2sccc2CC(=O)C(=O)c2nn[nH]n2)cc1. The van der Waals surface area contributed by atoms with Crippen molar-refractivity contribution in [3.8, 4) is 0 Å². The summed E-state index contributed by atoms with van der Waals surface area (Å²) in [6, 6.07) is 9.20. The minimum absolute atomic E-state index is 0.00225. The first-order valence-corrected chi connectivity index (χ1v) is 8.38. The molecule has 0 aliphatic carbocycles. The predicted molar refractivity (Wildman–Crippen MR) is 90.8 cm³/mol. The fourth-order valence-corrected chi connectivity index (χ4v) is 3.30. The first-order chi connectivity index (χ1) is 12.0. The summed E-state index contributed by atoms with van der Waals surface area (Å²) in [5, 5.41) is 14.4. The molecule has 1 N–H and O–H groups in total. The Morgan fingerprint density at radius 3 is 2.52 bits per heavy atom. The fourth-order valence-electron chi connectivity index (χ4n) is 2.36. The lowest BCUT2D eigenvalue weighted by atomic mass is 10.0. The van der Waals surface area contributed by atoms with E-state index in [9.17, 15) is 14.4 Å². The van der Waals surface area contributed by atoms with Crippen LogP contribution in [0.3, 0.4) is 0 Å². The van der Waals surface area contributed by atoms with Crippen LogP contribution in [0, 0.1) is 0 Å². The summed E-state index contributed by atoms with van der Waals surface area (Å²) in [7, 11) is 0. The van der Waals surface area contributed by atoms with E-state index >= 15 is 0 Å². The molecule has 0 fully saturated rings. The monoisotopic (exact) mass is 354 g/mol. The Kier molecular flexibility index (Phi) is 4.90. The van der Waals surface area contributed by atoms with Gasteiger partial charge in [0.25, 0.3) is 5.78 Å². The molecule has 8 heteroatoms. The molecule has 0 bridgehead atoms. The molecule has 1 aromatic carbocycles. The van der Waals surface area contributed by atoms with Crippen molar-refractivity contribution in [3.05, 3.63) is 63.1 Å². The van der Waals surface area contributed by atoms with Gasteiger partial charge in [0, 0.05) is 23.3 Å². The zero-order chi connectivity index (χ0) is 17.8. The maximum absolute atomic E-state index is 12.1. The zero-order valence-electron chi connectivity index (χ0n) is 13.4. The van der Waals surface area contributed by atoms with E-state index in [1.807, 2.05) is 23.6 Å². The van der Waals surface area contributed by atoms with Gasteiger partial charge in [-0.05, 0) is 34.7 Å². The van der Waals surface area contributed by atoms with Crippen molar-refractivity contribution >= 4 is 28.7 Å². The van der Waals surface area contributed by atoms with Crippen molar-refractivity contribution in [2.24, 2.45) is 0 Å². The van der Waals surface area contributed by atoms with Crippen molar-refractivity contribution in [2.45, 2.75) is 19.8 Å². The van der Waals surface area contributed by atoms with E-state index in [4.69, 9.17) is 0 Å². The van der Waals surface area contributed by atoms with Gasteiger partial charge in [-0.2, -0.15) is 5.21 Å². The maximum atomic E-state index is 12.1. The number of thiophene rings is 1. The predicted octanol–water partition coefficient (Wildman–Crippen LogP) is 2.05. The molecule has 0 unspecified atom stereocenters. The minimum atomic E-state index is -0.753. The number of ketones is 3. The molecule has 0 atom stereocenters. The number of hydrogen-bond acceptors (Lipinski definition) is 7. The second-order valence-electron chi connectivity index (χ2n) is 5.46. The van der Waals surface area contributed by atoms with Crippen molar-refractivity contribution < 1.29 is 14.4 Å². The molecular formula is C17H14N4O3S. The van der Waals surface area contributed by atoms with Crippen LogP contribution in [0.2, 0.25) is 0 Å². The first kappa shape index (κ1) is 16.8. The van der Waals surface area contributed by atoms with Crippen molar-refractivity contribution in [2.75, 3.05) is 0 Å². The lowest BCUT2D eigenvalue weighted by molar-refractivity contribution is -0.114. The highest BCUT2D eigenvalue weighted by atomic mass is 32.1. The Morgan fingerprint density at radius 2 is 1.88 bits per heavy atom. The van der Waals surface area contributed by atoms with Crippen molar-refractivity contribution in [1.29, 1.82) is 0 Å². The average Bonchev–Trinajstić information content (AvgIpc) is 3.27. The molecule has 25 heavy (non-hydrogen) atoms. The normalized spacial score (nSPS) is 10.6. The van der Waals surface area contributed by atoms with E-state index < -0.39 is 11.6 Å². The third kappa shape index (κ3) is 3.92. The minimum Gasteiger partial charge on any atom is -0.295 e. The number of rotatable bonds is 7. The molecule has 126 valence electrons. The molecule has 3 rings (SSSR count). The highest BCUT2D eigenvalue weighted by molar-refractivity contribution is 7.10. The molecule has 2 aromatic heterocycles. The van der Waals surface area contributed by atoms with Gasteiger partial charge in [-0.25, -0.2) is 0 Å². The number of carbonyl (C=O) groups excluding carboxylic acids is 3. The number of carbonyl (C=O) groups is 3. The van der Waals surface area contributed by atoms with Gasteiger partial charge in [-0.15, -0.1) is 21.5 Å². The van der Waals surface area contributed by atoms with E-state index in [0.717, 1.165) is 16.0 Å². The number of nitrogens with one attached hydrogen (secondary N) is 1. The van der Waals surface area contributed by atoms with Crippen LogP contribution in [0.25, 0.3) is 0 Å². The summed E-state index contributed by atoms with van der Waals surface area (Å²) >= 11 is 1.53. The Hall–Kier alpha value is -3.00. The van der Waals surface area contributed by atoms with Gasteiger partial charge in [-0.3, -0.25) is 14.4 Å². The molecular weight excluding hydrogens is 340 g/mol. The maximum Gasteiger partial charge on any atom is 0.269 e. The third-order valence-corrected chi connectivity index (χ3v) is 4.68. The summed E-state index contributed by atoms with van der Waals surface area (Å²) in [4.78, 5) is 36.4. The molecule has 3 aromatic rings. The van der Waals surface area contributed by atoms with Crippen LogP contribution >= 0.6 is 11.3 Å². The summed E-state index contributed by atoms with van der Waals surface area (Å²) in [6.07, 6.45) is 0.632. The lowest BCUT2D eigenvalue weighted by Gasteiger charge is -2.04. The van der Waals surface area contributed by atoms with E-state index in [0.29, 0.717) is 12.0 Å². The third-order valence-electron chi connectivity index (χ3n) is 3.72. The highest BCUT2D eigenvalue weighted by Crippen LogP contribution is 2.22. The number of hydrogen-bond donors (Lipinski definition) is 1. The van der Waals surface area contributed by atoms with Crippen LogP contribution in [0.4, 0.5) is 0 Å². The van der Waals surface area contributed by atoms with Gasteiger partial charge in [0.05, 0.1) is 0 Å². The largest absolute Gasteiger partial charge is 0.295 e. The molecule has 0 amide bonds. The Labute approximate surface area is 147 Å². The second kappa shape index (κ2) is 7.27. The standard InChI is InChI=1S/C17H14N4O3S/c1-10(22)12-4-2-11(3-5-12)8-15-13(6-7-25-15)9-14(23)16(24)17-18-20-21-19-17/h2-7H,8-9H2,1H3,(H,18,19,20,21). The zero-order valence-corrected chi connectivity index (χ0v) is 14.2. The lowest BCUT2D eigenvalue weighted by Crippen LogP contribution is -2.18. The molecule has 0 saturated heterocycles. The number of nitrogens with zero attached hydrogens (tertiary/aromatic N) is 3. The van der Waals surface area contributed by atoms with Gasteiger partial charge in [0.2, 0.25) is 11.6 Å². The second-order valence-corrected chi connectivity index (χ2v) is 6.46. The van der Waals surface area contributed by atoms with Crippen molar-refractivity contribution in [1.82, 2.24) is 20.6 Å². The number of aromatic nitrogens is 4. The van der Waals surface area contributed by atoms with Crippen LogP contribution in [-0.2, 0) is 17.6 Å². The molecule has 7 nitrogen and oxygen atoms in total. The Morgan fingerprint density at radius 1 is 1.12 bits per heavy atom. The Balaban J connectivity index is 1.71. The molecule has 0 aliphatic heterocycles. The molecule has 0 spiro atoms. The first-order valence-electron chi connectivity index (χ1n) is 7.50. The van der Waals surface area contributed by atoms with Crippen LogP contribution in [-0.4, -0.2) is 38.0 Å². The fraction of sp³-hybridized carbons (Fsp3) is 0.176. The molecule has 0 aliphatic rings. The number of aromatic amines is 1. The van der Waals surface area contributed by atoms with Crippen LogP contribution < -0.4 is 0 Å². The number of H-pyrrole nitrogens is 1. The smallest absolute Gasteiger partial charge is 0.269 e. The van der Waals surface area contributed by atoms with Crippen molar-refractivity contribution in [3.63, 3.8) is 0 Å². The highest BCUT2D eigenvalue weighted by Gasteiger charge is 2.22. The van der Waals surface area contributed by atoms with Gasteiger partial charge in [0.15, 0.2) is 5.78 Å². The Bertz CT molecular complexity index is 914. The molecule has 0 radical (unpaired) electrons. The van der Waals surface area contributed by atoms with Crippen LogP contribution in [0.1, 0.15) is 43.9 Å². The summed E-state index contributed by atoms with van der Waals surface area (Å²) in [6.45, 7) is 1.53. The van der Waals surface area contributed by atoms with E-state index in [-0.39, 0.29) is 18.0 Å². The summed E-state index contributed by atoms with van der Waals surface area (Å²) in [5.74, 6) is -1.53. The van der Waals surface area contributed by atoms with Gasteiger partial charge >= 0.3 is 0 Å². The van der Waals surface area contributed by atoms with Crippen LogP contribution in [0.15, 0.2) is 35.7 Å². The quantitative estimate of drug-likeness (QED) is 0.514. The van der Waals surface area contributed by atoms with Gasteiger partial charge in [0.1, 0.15) is 0 Å². The van der Waals surface area contributed by atoms with Gasteiger partial charge in [-0.1, -0.05) is 24.3 Å². The number of Topliss-reactive ketones (excluding diaryl/α,β-unsaturated/α-hetero) is 3. The van der Waals surface area contributed by atoms with Gasteiger partial charge < -0.3 is 0 Å². The summed E-state index contributed by atoms with van der Waals surface area (Å²) in [5.41, 5.74) is 2.50. The molecule has 0 saturated carbocycles. The number of tetrazole rings is 1. The number of benzene rings is 1. The van der Waals surface area contributed by atoms with E-state index in [2.05, 4.69) is 20.6 Å². The summed E-state index contributed by atoms with van der Waals surface area (Å²) < 4.78 is 0. The van der Waals surface area contributed by atoms with E-state index in [1.54, 1.807) is 12.1 Å². The average molecular weight is 354 g/mol.